The standard InChI is InChI=1S/C16H17NOS/c1-2-12-7-9-14(10-8-12)18-11-13-5-3-4-6-15(13)16(17)19/h3-10H,2,11H2,1H3,(H2,17,19). The molecule has 0 aromatic heterocycles. The van der Waals surface area contributed by atoms with E-state index in [2.05, 4.69) is 19.1 Å². The van der Waals surface area contributed by atoms with Gasteiger partial charge in [0.15, 0.2) is 0 Å². The fourth-order valence-electron chi connectivity index (χ4n) is 1.87. The molecular formula is C16H17NOS. The smallest absolute Gasteiger partial charge is 0.119 e. The molecule has 0 fully saturated rings. The van der Waals surface area contributed by atoms with Crippen molar-refractivity contribution in [3.8, 4) is 5.75 Å². The second-order valence-corrected chi connectivity index (χ2v) is 4.75. The average Bonchev–Trinajstić information content (AvgIpc) is 2.46. The van der Waals surface area contributed by atoms with E-state index >= 15 is 0 Å². The Kier molecular flexibility index (Phi) is 4.53. The first-order valence-electron chi connectivity index (χ1n) is 6.30. The second kappa shape index (κ2) is 6.34. The molecule has 98 valence electrons. The van der Waals surface area contributed by atoms with Crippen molar-refractivity contribution in [1.29, 1.82) is 0 Å². The highest BCUT2D eigenvalue weighted by molar-refractivity contribution is 7.80. The third kappa shape index (κ3) is 3.55. The Balaban J connectivity index is 2.07. The molecule has 0 aliphatic carbocycles. The molecule has 0 unspecified atom stereocenters. The third-order valence-corrected chi connectivity index (χ3v) is 3.23. The van der Waals surface area contributed by atoms with Gasteiger partial charge < -0.3 is 10.5 Å². The number of hydrogen-bond acceptors (Lipinski definition) is 2. The zero-order valence-corrected chi connectivity index (χ0v) is 11.7. The van der Waals surface area contributed by atoms with E-state index in [-0.39, 0.29) is 0 Å². The first kappa shape index (κ1) is 13.6. The summed E-state index contributed by atoms with van der Waals surface area (Å²) >= 11 is 5.04. The SMILES string of the molecule is CCc1ccc(OCc2ccccc2C(N)=S)cc1. The Labute approximate surface area is 119 Å². The minimum Gasteiger partial charge on any atom is -0.489 e. The molecule has 2 nitrogen and oxygen atoms in total. The fraction of sp³-hybridized carbons (Fsp3) is 0.188. The van der Waals surface area contributed by atoms with Crippen molar-refractivity contribution in [2.24, 2.45) is 5.73 Å². The predicted octanol–water partition coefficient (Wildman–Crippen LogP) is 3.46. The summed E-state index contributed by atoms with van der Waals surface area (Å²) < 4.78 is 5.77. The van der Waals surface area contributed by atoms with Crippen LogP contribution in [0.2, 0.25) is 0 Å². The largest absolute Gasteiger partial charge is 0.489 e. The van der Waals surface area contributed by atoms with Gasteiger partial charge in [0.25, 0.3) is 0 Å². The molecule has 2 N–H and O–H groups in total. The summed E-state index contributed by atoms with van der Waals surface area (Å²) in [6.07, 6.45) is 1.03. The molecule has 0 saturated heterocycles. The summed E-state index contributed by atoms with van der Waals surface area (Å²) in [6, 6.07) is 15.9. The molecule has 2 aromatic carbocycles. The van der Waals surface area contributed by atoms with Gasteiger partial charge in [-0.05, 0) is 29.7 Å². The van der Waals surface area contributed by atoms with Crippen molar-refractivity contribution >= 4 is 17.2 Å². The van der Waals surface area contributed by atoms with Gasteiger partial charge in [-0.2, -0.15) is 0 Å². The van der Waals surface area contributed by atoms with Gasteiger partial charge in [0.1, 0.15) is 17.3 Å². The first-order valence-corrected chi connectivity index (χ1v) is 6.71. The van der Waals surface area contributed by atoms with E-state index in [9.17, 15) is 0 Å². The maximum Gasteiger partial charge on any atom is 0.119 e. The van der Waals surface area contributed by atoms with Crippen LogP contribution in [0, 0.1) is 0 Å². The van der Waals surface area contributed by atoms with Crippen LogP contribution in [0.1, 0.15) is 23.6 Å². The summed E-state index contributed by atoms with van der Waals surface area (Å²) in [5, 5.41) is 0. The zero-order valence-electron chi connectivity index (χ0n) is 10.9. The number of ether oxygens (including phenoxy) is 1. The van der Waals surface area contributed by atoms with Gasteiger partial charge in [-0.3, -0.25) is 0 Å². The van der Waals surface area contributed by atoms with Gasteiger partial charge in [-0.1, -0.05) is 55.5 Å². The lowest BCUT2D eigenvalue weighted by atomic mass is 10.1. The molecule has 0 heterocycles. The number of benzene rings is 2. The van der Waals surface area contributed by atoms with Gasteiger partial charge in [-0.25, -0.2) is 0 Å². The summed E-state index contributed by atoms with van der Waals surface area (Å²) in [7, 11) is 0. The maximum absolute atomic E-state index is 5.77. The molecule has 0 radical (unpaired) electrons. The van der Waals surface area contributed by atoms with Crippen LogP contribution in [0.3, 0.4) is 0 Å². The topological polar surface area (TPSA) is 35.2 Å². The lowest BCUT2D eigenvalue weighted by Gasteiger charge is -2.10. The monoisotopic (exact) mass is 271 g/mol. The Hall–Kier alpha value is -1.87. The number of thiocarbonyl (C=S) groups is 1. The lowest BCUT2D eigenvalue weighted by Crippen LogP contribution is -2.13. The minimum atomic E-state index is 0.403. The highest BCUT2D eigenvalue weighted by atomic mass is 32.1. The van der Waals surface area contributed by atoms with Gasteiger partial charge in [-0.15, -0.1) is 0 Å². The zero-order chi connectivity index (χ0) is 13.7. The molecule has 0 aliphatic heterocycles. The number of nitrogens with two attached hydrogens (primary N) is 1. The van der Waals surface area contributed by atoms with Crippen LogP contribution in [0.5, 0.6) is 5.75 Å². The van der Waals surface area contributed by atoms with Gasteiger partial charge >= 0.3 is 0 Å². The van der Waals surface area contributed by atoms with Crippen LogP contribution in [-0.2, 0) is 13.0 Å². The lowest BCUT2D eigenvalue weighted by molar-refractivity contribution is 0.306. The molecule has 0 spiro atoms. The second-order valence-electron chi connectivity index (χ2n) is 4.31. The fourth-order valence-corrected chi connectivity index (χ4v) is 2.07. The van der Waals surface area contributed by atoms with Crippen LogP contribution >= 0.6 is 12.2 Å². The summed E-state index contributed by atoms with van der Waals surface area (Å²) in [6.45, 7) is 2.60. The summed E-state index contributed by atoms with van der Waals surface area (Å²) in [5.74, 6) is 0.856. The highest BCUT2D eigenvalue weighted by Gasteiger charge is 2.04. The summed E-state index contributed by atoms with van der Waals surface area (Å²) in [4.78, 5) is 0.403. The van der Waals surface area contributed by atoms with Crippen molar-refractivity contribution in [2.75, 3.05) is 0 Å². The van der Waals surface area contributed by atoms with Crippen LogP contribution in [-0.4, -0.2) is 4.99 Å². The van der Waals surface area contributed by atoms with Crippen LogP contribution in [0.25, 0.3) is 0 Å². The molecule has 0 saturated carbocycles. The number of rotatable bonds is 5. The third-order valence-electron chi connectivity index (χ3n) is 3.01. The van der Waals surface area contributed by atoms with Crippen molar-refractivity contribution in [3.63, 3.8) is 0 Å². The van der Waals surface area contributed by atoms with Crippen LogP contribution in [0.4, 0.5) is 0 Å². The van der Waals surface area contributed by atoms with Crippen molar-refractivity contribution in [2.45, 2.75) is 20.0 Å². The molecular weight excluding hydrogens is 254 g/mol. The molecule has 0 atom stereocenters. The Bertz CT molecular complexity index is 563. The average molecular weight is 271 g/mol. The van der Waals surface area contributed by atoms with E-state index in [1.54, 1.807) is 0 Å². The quantitative estimate of drug-likeness (QED) is 0.846. The first-order chi connectivity index (χ1) is 9.20. The van der Waals surface area contributed by atoms with Crippen LogP contribution < -0.4 is 10.5 Å². The van der Waals surface area contributed by atoms with Crippen molar-refractivity contribution in [3.05, 3.63) is 65.2 Å². The van der Waals surface area contributed by atoms with E-state index < -0.39 is 0 Å². The molecule has 0 aliphatic rings. The van der Waals surface area contributed by atoms with E-state index in [0.717, 1.165) is 23.3 Å². The highest BCUT2D eigenvalue weighted by Crippen LogP contribution is 2.16. The van der Waals surface area contributed by atoms with Gasteiger partial charge in [0.2, 0.25) is 0 Å². The van der Waals surface area contributed by atoms with Gasteiger partial charge in [0.05, 0.1) is 0 Å². The minimum absolute atomic E-state index is 0.403. The van der Waals surface area contributed by atoms with E-state index in [1.165, 1.54) is 5.56 Å². The molecule has 2 aromatic rings. The Morgan fingerprint density at radius 3 is 2.42 bits per heavy atom. The van der Waals surface area contributed by atoms with Crippen molar-refractivity contribution < 1.29 is 4.74 Å². The van der Waals surface area contributed by atoms with Crippen molar-refractivity contribution in [1.82, 2.24) is 0 Å². The normalized spacial score (nSPS) is 10.2. The van der Waals surface area contributed by atoms with E-state index in [4.69, 9.17) is 22.7 Å². The number of aryl methyl sites for hydroxylation is 1. The molecule has 0 bridgehead atoms. The van der Waals surface area contributed by atoms with Gasteiger partial charge in [0, 0.05) is 5.56 Å². The Morgan fingerprint density at radius 2 is 1.79 bits per heavy atom. The summed E-state index contributed by atoms with van der Waals surface area (Å²) in [5.41, 5.74) is 8.89. The Morgan fingerprint density at radius 1 is 1.11 bits per heavy atom. The molecule has 0 amide bonds. The maximum atomic E-state index is 5.77. The molecule has 3 heteroatoms. The van der Waals surface area contributed by atoms with Crippen LogP contribution in [0.15, 0.2) is 48.5 Å². The molecule has 19 heavy (non-hydrogen) atoms. The van der Waals surface area contributed by atoms with E-state index in [1.807, 2.05) is 36.4 Å². The number of hydrogen-bond donors (Lipinski definition) is 1. The molecule has 2 rings (SSSR count). The predicted molar refractivity (Wildman–Crippen MR) is 82.5 cm³/mol. The van der Waals surface area contributed by atoms with E-state index in [0.29, 0.717) is 11.6 Å².